The van der Waals surface area contributed by atoms with Crippen LogP contribution in [0.4, 0.5) is 0 Å². The molecule has 0 amide bonds. The number of rotatable bonds is 4. The van der Waals surface area contributed by atoms with Gasteiger partial charge in [0.25, 0.3) is 0 Å². The molecule has 0 spiro atoms. The maximum atomic E-state index is 13.1. The second-order valence-corrected chi connectivity index (χ2v) is 7.08. The number of nitrogens with zero attached hydrogens (tertiary/aromatic N) is 1. The molecule has 1 aliphatic heterocycles. The van der Waals surface area contributed by atoms with Crippen LogP contribution in [0.15, 0.2) is 83.9 Å². The summed E-state index contributed by atoms with van der Waals surface area (Å²) in [6.45, 7) is 0. The highest BCUT2D eigenvalue weighted by Gasteiger charge is 2.38. The molecule has 0 fully saturated rings. The van der Waals surface area contributed by atoms with Crippen LogP contribution in [0.3, 0.4) is 0 Å². The van der Waals surface area contributed by atoms with Gasteiger partial charge in [0.15, 0.2) is 6.10 Å². The van der Waals surface area contributed by atoms with Crippen molar-refractivity contribution in [2.75, 3.05) is 0 Å². The van der Waals surface area contributed by atoms with Gasteiger partial charge in [-0.25, -0.2) is 4.99 Å². The molecular weight excluding hydrogens is 381 g/mol. The van der Waals surface area contributed by atoms with Crippen LogP contribution in [0, 0.1) is 0 Å². The smallest absolute Gasteiger partial charge is 0.217 e. The molecule has 0 aromatic heterocycles. The summed E-state index contributed by atoms with van der Waals surface area (Å²) in [5.74, 6) is 0.323. The van der Waals surface area contributed by atoms with Crippen LogP contribution in [0.2, 0.25) is 10.0 Å². The Morgan fingerprint density at radius 1 is 0.815 bits per heavy atom. The summed E-state index contributed by atoms with van der Waals surface area (Å²) < 4.78 is 6.03. The normalized spacial score (nSPS) is 18.7. The fraction of sp³-hybridized carbons (Fsp3) is 0.0909. The molecule has 0 aliphatic carbocycles. The Kier molecular flexibility index (Phi) is 4.97. The third-order valence-corrected chi connectivity index (χ3v) is 4.91. The molecule has 0 unspecified atom stereocenters. The Bertz CT molecular complexity index is 983. The zero-order chi connectivity index (χ0) is 18.8. The first-order chi connectivity index (χ1) is 13.1. The van der Waals surface area contributed by atoms with Gasteiger partial charge < -0.3 is 4.74 Å². The lowest BCUT2D eigenvalue weighted by Gasteiger charge is -2.17. The highest BCUT2D eigenvalue weighted by Crippen LogP contribution is 2.33. The number of ketones is 1. The van der Waals surface area contributed by atoms with Gasteiger partial charge in [-0.2, -0.15) is 0 Å². The number of benzene rings is 3. The van der Waals surface area contributed by atoms with Crippen LogP contribution in [0.1, 0.15) is 27.5 Å². The molecule has 1 heterocycles. The van der Waals surface area contributed by atoms with E-state index in [0.717, 1.165) is 11.1 Å². The predicted octanol–water partition coefficient (Wildman–Crippen LogP) is 5.76. The molecule has 2 atom stereocenters. The van der Waals surface area contributed by atoms with Crippen LogP contribution in [0.5, 0.6) is 0 Å². The topological polar surface area (TPSA) is 38.7 Å². The quantitative estimate of drug-likeness (QED) is 0.526. The van der Waals surface area contributed by atoms with Gasteiger partial charge in [-0.3, -0.25) is 4.79 Å². The van der Waals surface area contributed by atoms with E-state index in [1.807, 2.05) is 42.5 Å². The number of halogens is 2. The molecule has 0 saturated heterocycles. The summed E-state index contributed by atoms with van der Waals surface area (Å²) in [5, 5.41) is 1.21. The van der Waals surface area contributed by atoms with Crippen molar-refractivity contribution in [3.63, 3.8) is 0 Å². The van der Waals surface area contributed by atoms with E-state index in [1.54, 1.807) is 36.4 Å². The number of Topliss-reactive ketones (excluding diaryl/α,β-unsaturated/α-hetero) is 1. The third kappa shape index (κ3) is 3.75. The average molecular weight is 396 g/mol. The minimum Gasteiger partial charge on any atom is -0.463 e. The number of carbonyl (C=O) groups is 1. The number of hydrogen-bond acceptors (Lipinski definition) is 3. The van der Waals surface area contributed by atoms with Gasteiger partial charge in [-0.15, -0.1) is 0 Å². The summed E-state index contributed by atoms with van der Waals surface area (Å²) >= 11 is 11.9. The van der Waals surface area contributed by atoms with Gasteiger partial charge in [-0.1, -0.05) is 53.5 Å². The van der Waals surface area contributed by atoms with Crippen molar-refractivity contribution < 1.29 is 9.53 Å². The fourth-order valence-corrected chi connectivity index (χ4v) is 3.27. The number of hydrogen-bond donors (Lipinski definition) is 0. The number of carbonyl (C=O) groups excluding carboxylic acids is 1. The van der Waals surface area contributed by atoms with Crippen LogP contribution in [-0.4, -0.2) is 17.8 Å². The minimum absolute atomic E-state index is 0.138. The molecule has 0 N–H and O–H groups in total. The maximum Gasteiger partial charge on any atom is 0.217 e. The minimum atomic E-state index is -0.748. The summed E-state index contributed by atoms with van der Waals surface area (Å²) in [7, 11) is 0. The zero-order valence-corrected chi connectivity index (χ0v) is 15.7. The standard InChI is InChI=1S/C22H15Cl2NO2/c23-17-10-6-14(7-11-17)19-21(20(26)15-8-12-18(24)13-9-15)27-22(25-19)16-4-2-1-3-5-16/h1-13,19,21H/t19-,21+/m1/s1. The fourth-order valence-electron chi connectivity index (χ4n) is 3.02. The first-order valence-corrected chi connectivity index (χ1v) is 9.22. The molecule has 27 heavy (non-hydrogen) atoms. The van der Waals surface area contributed by atoms with E-state index in [2.05, 4.69) is 0 Å². The van der Waals surface area contributed by atoms with Gasteiger partial charge in [-0.05, 0) is 54.1 Å². The van der Waals surface area contributed by atoms with Crippen LogP contribution >= 0.6 is 23.2 Å². The zero-order valence-electron chi connectivity index (χ0n) is 14.2. The Labute approximate surface area is 167 Å². The molecule has 5 heteroatoms. The number of ether oxygens (including phenoxy) is 1. The van der Waals surface area contributed by atoms with Gasteiger partial charge in [0.1, 0.15) is 6.04 Å². The van der Waals surface area contributed by atoms with E-state index in [9.17, 15) is 4.79 Å². The summed E-state index contributed by atoms with van der Waals surface area (Å²) in [6, 6.07) is 23.2. The van der Waals surface area contributed by atoms with E-state index in [4.69, 9.17) is 32.9 Å². The van der Waals surface area contributed by atoms with Gasteiger partial charge >= 0.3 is 0 Å². The van der Waals surface area contributed by atoms with Crippen LogP contribution in [-0.2, 0) is 4.74 Å². The molecule has 3 nitrogen and oxygen atoms in total. The Morgan fingerprint density at radius 2 is 1.41 bits per heavy atom. The van der Waals surface area contributed by atoms with Gasteiger partial charge in [0.05, 0.1) is 0 Å². The summed E-state index contributed by atoms with van der Waals surface area (Å²) in [5.41, 5.74) is 2.24. The highest BCUT2D eigenvalue weighted by molar-refractivity contribution is 6.31. The SMILES string of the molecule is O=C(c1ccc(Cl)cc1)[C@H]1OC(c2ccccc2)=N[C@@H]1c1ccc(Cl)cc1. The first-order valence-electron chi connectivity index (χ1n) is 8.47. The lowest BCUT2D eigenvalue weighted by Crippen LogP contribution is -2.27. The average Bonchev–Trinajstić information content (AvgIpc) is 3.15. The van der Waals surface area contributed by atoms with Crippen molar-refractivity contribution in [3.05, 3.63) is 106 Å². The van der Waals surface area contributed by atoms with Gasteiger partial charge in [0, 0.05) is 21.2 Å². The molecule has 3 aromatic rings. The van der Waals surface area contributed by atoms with E-state index >= 15 is 0 Å². The molecule has 0 bridgehead atoms. The highest BCUT2D eigenvalue weighted by atomic mass is 35.5. The summed E-state index contributed by atoms with van der Waals surface area (Å²) in [6.07, 6.45) is -0.748. The molecular formula is C22H15Cl2NO2. The van der Waals surface area contributed by atoms with Crippen molar-refractivity contribution in [1.82, 2.24) is 0 Å². The second kappa shape index (κ2) is 7.55. The molecule has 4 rings (SSSR count). The predicted molar refractivity (Wildman–Crippen MR) is 108 cm³/mol. The largest absolute Gasteiger partial charge is 0.463 e. The Hall–Kier alpha value is -2.62. The van der Waals surface area contributed by atoms with Crippen molar-refractivity contribution in [1.29, 1.82) is 0 Å². The summed E-state index contributed by atoms with van der Waals surface area (Å²) in [4.78, 5) is 17.8. The molecule has 1 aliphatic rings. The lowest BCUT2D eigenvalue weighted by molar-refractivity contribution is 0.0775. The Balaban J connectivity index is 1.71. The Morgan fingerprint density at radius 3 is 2.04 bits per heavy atom. The van der Waals surface area contributed by atoms with Crippen molar-refractivity contribution in [2.24, 2.45) is 4.99 Å². The third-order valence-electron chi connectivity index (χ3n) is 4.40. The number of aliphatic imine (C=N–C) groups is 1. The molecule has 0 radical (unpaired) electrons. The molecule has 134 valence electrons. The van der Waals surface area contributed by atoms with E-state index in [-0.39, 0.29) is 5.78 Å². The van der Waals surface area contributed by atoms with Crippen molar-refractivity contribution in [3.8, 4) is 0 Å². The van der Waals surface area contributed by atoms with E-state index in [1.165, 1.54) is 0 Å². The monoisotopic (exact) mass is 395 g/mol. The van der Waals surface area contributed by atoms with E-state index < -0.39 is 12.1 Å². The first kappa shape index (κ1) is 17.8. The van der Waals surface area contributed by atoms with E-state index in [0.29, 0.717) is 21.5 Å². The van der Waals surface area contributed by atoms with Crippen molar-refractivity contribution >= 4 is 34.9 Å². The molecule has 0 saturated carbocycles. The second-order valence-electron chi connectivity index (χ2n) is 6.21. The molecule has 3 aromatic carbocycles. The van der Waals surface area contributed by atoms with Gasteiger partial charge in [0.2, 0.25) is 11.7 Å². The maximum absolute atomic E-state index is 13.1. The van der Waals surface area contributed by atoms with Crippen LogP contribution < -0.4 is 0 Å². The lowest BCUT2D eigenvalue weighted by atomic mass is 9.96. The van der Waals surface area contributed by atoms with Crippen LogP contribution in [0.25, 0.3) is 0 Å². The van der Waals surface area contributed by atoms with Crippen molar-refractivity contribution in [2.45, 2.75) is 12.1 Å².